The number of rotatable bonds is 1. The van der Waals surface area contributed by atoms with Gasteiger partial charge in [-0.05, 0) is 18.2 Å². The molecule has 21 heavy (non-hydrogen) atoms. The molecule has 0 bridgehead atoms. The van der Waals surface area contributed by atoms with Crippen LogP contribution in [0.3, 0.4) is 0 Å². The standard InChI is InChI=1S/C12H5F4N3.C2H6/c13-11-4-7(3-9(5-17)19-11)10-2-1-8(6-18-10)12(14,15)16;1-2/h1-4,6H;1-2H3. The van der Waals surface area contributed by atoms with E-state index in [1.807, 2.05) is 13.8 Å². The van der Waals surface area contributed by atoms with Gasteiger partial charge in [-0.2, -0.15) is 22.8 Å². The van der Waals surface area contributed by atoms with Crippen LogP contribution in [0.2, 0.25) is 0 Å². The molecule has 0 radical (unpaired) electrons. The number of nitrogens with zero attached hydrogens (tertiary/aromatic N) is 3. The summed E-state index contributed by atoms with van der Waals surface area (Å²) >= 11 is 0. The first-order valence-electron chi connectivity index (χ1n) is 6.01. The summed E-state index contributed by atoms with van der Waals surface area (Å²) < 4.78 is 50.2. The van der Waals surface area contributed by atoms with Crippen LogP contribution in [-0.4, -0.2) is 9.97 Å². The van der Waals surface area contributed by atoms with Gasteiger partial charge in [-0.25, -0.2) is 4.98 Å². The summed E-state index contributed by atoms with van der Waals surface area (Å²) in [7, 11) is 0. The summed E-state index contributed by atoms with van der Waals surface area (Å²) in [5.74, 6) is -0.893. The Kier molecular flexibility index (Phi) is 5.36. The molecule has 0 spiro atoms. The first-order chi connectivity index (χ1) is 9.90. The highest BCUT2D eigenvalue weighted by Gasteiger charge is 2.30. The van der Waals surface area contributed by atoms with Gasteiger partial charge in [-0.3, -0.25) is 4.98 Å². The fourth-order valence-corrected chi connectivity index (χ4v) is 1.43. The largest absolute Gasteiger partial charge is 0.417 e. The summed E-state index contributed by atoms with van der Waals surface area (Å²) in [5.41, 5.74) is -0.744. The second-order valence-electron chi connectivity index (χ2n) is 3.61. The Morgan fingerprint density at radius 3 is 2.29 bits per heavy atom. The van der Waals surface area contributed by atoms with Gasteiger partial charge < -0.3 is 0 Å². The van der Waals surface area contributed by atoms with Crippen molar-refractivity contribution in [1.29, 1.82) is 5.26 Å². The van der Waals surface area contributed by atoms with E-state index in [4.69, 9.17) is 5.26 Å². The molecule has 0 aliphatic heterocycles. The lowest BCUT2D eigenvalue weighted by Crippen LogP contribution is -2.05. The van der Waals surface area contributed by atoms with Crippen molar-refractivity contribution in [2.45, 2.75) is 20.0 Å². The molecule has 0 aromatic carbocycles. The van der Waals surface area contributed by atoms with Crippen LogP contribution in [-0.2, 0) is 6.18 Å². The number of hydrogen-bond donors (Lipinski definition) is 0. The van der Waals surface area contributed by atoms with Crippen molar-refractivity contribution in [2.75, 3.05) is 0 Å². The summed E-state index contributed by atoms with van der Waals surface area (Å²) in [6.45, 7) is 4.00. The Balaban J connectivity index is 0.00000106. The first kappa shape index (κ1) is 16.6. The van der Waals surface area contributed by atoms with Crippen molar-refractivity contribution >= 4 is 0 Å². The van der Waals surface area contributed by atoms with Gasteiger partial charge in [-0.15, -0.1) is 0 Å². The molecule has 0 saturated carbocycles. The SMILES string of the molecule is CC.N#Cc1cc(-c2ccc(C(F)(F)F)cn2)cc(F)n1. The average Bonchev–Trinajstić information content (AvgIpc) is 2.48. The number of halogens is 4. The minimum Gasteiger partial charge on any atom is -0.256 e. The second kappa shape index (κ2) is 6.79. The van der Waals surface area contributed by atoms with Gasteiger partial charge in [0, 0.05) is 17.8 Å². The molecule has 2 heterocycles. The molecular formula is C14H11F4N3. The van der Waals surface area contributed by atoms with Crippen molar-refractivity contribution in [3.63, 3.8) is 0 Å². The third-order valence-corrected chi connectivity index (χ3v) is 2.30. The molecule has 0 saturated heterocycles. The van der Waals surface area contributed by atoms with Gasteiger partial charge in [0.1, 0.15) is 11.8 Å². The second-order valence-corrected chi connectivity index (χ2v) is 3.61. The minimum atomic E-state index is -4.48. The highest BCUT2D eigenvalue weighted by Crippen LogP contribution is 2.29. The Hall–Kier alpha value is -2.49. The highest BCUT2D eigenvalue weighted by molar-refractivity contribution is 5.60. The van der Waals surface area contributed by atoms with E-state index in [9.17, 15) is 17.6 Å². The van der Waals surface area contributed by atoms with Crippen molar-refractivity contribution in [2.24, 2.45) is 0 Å². The molecule has 0 amide bonds. The topological polar surface area (TPSA) is 49.6 Å². The van der Waals surface area contributed by atoms with Crippen LogP contribution in [0.25, 0.3) is 11.3 Å². The van der Waals surface area contributed by atoms with Gasteiger partial charge in [-0.1, -0.05) is 13.8 Å². The summed E-state index contributed by atoms with van der Waals surface area (Å²) in [4.78, 5) is 6.91. The van der Waals surface area contributed by atoms with Gasteiger partial charge in [0.05, 0.1) is 11.3 Å². The molecule has 0 fully saturated rings. The average molecular weight is 297 g/mol. The molecule has 110 valence electrons. The molecule has 0 atom stereocenters. The quantitative estimate of drug-likeness (QED) is 0.585. The van der Waals surface area contributed by atoms with Crippen molar-refractivity contribution in [3.05, 3.63) is 47.7 Å². The zero-order valence-electron chi connectivity index (χ0n) is 11.2. The summed E-state index contributed by atoms with van der Waals surface area (Å²) in [6, 6.07) is 5.85. The zero-order chi connectivity index (χ0) is 16.0. The first-order valence-corrected chi connectivity index (χ1v) is 6.01. The van der Waals surface area contributed by atoms with Gasteiger partial charge >= 0.3 is 6.18 Å². The normalized spacial score (nSPS) is 10.3. The predicted octanol–water partition coefficient (Wildman–Crippen LogP) is 4.20. The predicted molar refractivity (Wildman–Crippen MR) is 68.5 cm³/mol. The van der Waals surface area contributed by atoms with Crippen LogP contribution in [0, 0.1) is 17.3 Å². The maximum Gasteiger partial charge on any atom is 0.417 e. The molecule has 3 nitrogen and oxygen atoms in total. The number of alkyl halides is 3. The lowest BCUT2D eigenvalue weighted by atomic mass is 10.1. The van der Waals surface area contributed by atoms with Crippen LogP contribution >= 0.6 is 0 Å². The van der Waals surface area contributed by atoms with E-state index in [2.05, 4.69) is 9.97 Å². The molecule has 2 aromatic rings. The van der Waals surface area contributed by atoms with E-state index < -0.39 is 17.7 Å². The maximum atomic E-state index is 13.1. The van der Waals surface area contributed by atoms with E-state index in [1.54, 1.807) is 6.07 Å². The molecule has 2 aromatic heterocycles. The Morgan fingerprint density at radius 2 is 1.81 bits per heavy atom. The van der Waals surface area contributed by atoms with Crippen molar-refractivity contribution in [1.82, 2.24) is 9.97 Å². The molecule has 0 N–H and O–H groups in total. The highest BCUT2D eigenvalue weighted by atomic mass is 19.4. The van der Waals surface area contributed by atoms with Crippen LogP contribution in [0.15, 0.2) is 30.5 Å². The van der Waals surface area contributed by atoms with Crippen molar-refractivity contribution < 1.29 is 17.6 Å². The van der Waals surface area contributed by atoms with E-state index >= 15 is 0 Å². The number of hydrogen-bond acceptors (Lipinski definition) is 3. The lowest BCUT2D eigenvalue weighted by Gasteiger charge is -2.07. The van der Waals surface area contributed by atoms with E-state index in [0.29, 0.717) is 6.20 Å². The lowest BCUT2D eigenvalue weighted by molar-refractivity contribution is -0.137. The van der Waals surface area contributed by atoms with Crippen LogP contribution in [0.1, 0.15) is 25.1 Å². The fourth-order valence-electron chi connectivity index (χ4n) is 1.43. The van der Waals surface area contributed by atoms with Gasteiger partial charge in [0.2, 0.25) is 5.95 Å². The van der Waals surface area contributed by atoms with Crippen molar-refractivity contribution in [3.8, 4) is 17.3 Å². The Labute approximate surface area is 118 Å². The number of nitriles is 1. The van der Waals surface area contributed by atoms with E-state index in [0.717, 1.165) is 18.2 Å². The minimum absolute atomic E-state index is 0.130. The van der Waals surface area contributed by atoms with E-state index in [-0.39, 0.29) is 17.0 Å². The van der Waals surface area contributed by atoms with Crippen LogP contribution < -0.4 is 0 Å². The molecule has 0 unspecified atom stereocenters. The molecule has 0 aliphatic carbocycles. The third-order valence-electron chi connectivity index (χ3n) is 2.30. The fraction of sp³-hybridized carbons (Fsp3) is 0.214. The maximum absolute atomic E-state index is 13.1. The Morgan fingerprint density at radius 1 is 1.14 bits per heavy atom. The molecule has 7 heteroatoms. The number of aromatic nitrogens is 2. The van der Waals surface area contributed by atoms with Crippen LogP contribution in [0.4, 0.5) is 17.6 Å². The summed E-state index contributed by atoms with van der Waals surface area (Å²) in [6.07, 6.45) is -3.83. The van der Waals surface area contributed by atoms with E-state index in [1.165, 1.54) is 6.07 Å². The molecule has 0 aliphatic rings. The smallest absolute Gasteiger partial charge is 0.256 e. The molecular weight excluding hydrogens is 286 g/mol. The zero-order valence-corrected chi connectivity index (χ0v) is 11.2. The molecule has 2 rings (SSSR count). The van der Waals surface area contributed by atoms with Gasteiger partial charge in [0.15, 0.2) is 0 Å². The van der Waals surface area contributed by atoms with Crippen LogP contribution in [0.5, 0.6) is 0 Å². The number of pyridine rings is 2. The van der Waals surface area contributed by atoms with Gasteiger partial charge in [0.25, 0.3) is 0 Å². The monoisotopic (exact) mass is 297 g/mol. The summed E-state index contributed by atoms with van der Waals surface area (Å²) in [5, 5.41) is 8.64. The Bertz CT molecular complexity index is 643. The third kappa shape index (κ3) is 4.24.